The fourth-order valence-corrected chi connectivity index (χ4v) is 3.13. The number of thiazole rings is 1. The molecule has 1 aromatic heterocycles. The standard InChI is InChI=1S/C18H24N2O3S/c1-5-19-17(21)15-9-7-8-12(3)16(15)23-10-14-11-24-18(20-14)13(4)22-6-2/h7-9,11,13H,5-6,10H2,1-4H3,(H,19,21)/t13-/m1/s1. The number of aryl methyl sites for hydroxylation is 1. The van der Waals surface area contributed by atoms with Gasteiger partial charge in [-0.25, -0.2) is 4.98 Å². The van der Waals surface area contributed by atoms with Gasteiger partial charge in [-0.15, -0.1) is 11.3 Å². The Morgan fingerprint density at radius 3 is 2.88 bits per heavy atom. The zero-order valence-electron chi connectivity index (χ0n) is 14.6. The molecule has 0 unspecified atom stereocenters. The minimum atomic E-state index is -0.125. The van der Waals surface area contributed by atoms with Gasteiger partial charge in [-0.2, -0.15) is 0 Å². The largest absolute Gasteiger partial charge is 0.486 e. The minimum absolute atomic E-state index is 0.0156. The van der Waals surface area contributed by atoms with Crippen LogP contribution in [0.15, 0.2) is 23.6 Å². The predicted molar refractivity (Wildman–Crippen MR) is 95.7 cm³/mol. The van der Waals surface area contributed by atoms with E-state index in [1.807, 2.05) is 45.2 Å². The summed E-state index contributed by atoms with van der Waals surface area (Å²) in [5, 5.41) is 5.71. The molecule has 0 aliphatic rings. The maximum atomic E-state index is 12.2. The van der Waals surface area contributed by atoms with Crippen LogP contribution in [0.1, 0.15) is 53.5 Å². The fraction of sp³-hybridized carbons (Fsp3) is 0.444. The third kappa shape index (κ3) is 4.55. The fourth-order valence-electron chi connectivity index (χ4n) is 2.32. The molecule has 0 fully saturated rings. The van der Waals surface area contributed by atoms with Gasteiger partial charge in [0.05, 0.1) is 11.3 Å². The van der Waals surface area contributed by atoms with E-state index in [1.54, 1.807) is 17.4 Å². The molecule has 1 aromatic carbocycles. The van der Waals surface area contributed by atoms with E-state index >= 15 is 0 Å². The topological polar surface area (TPSA) is 60.5 Å². The Morgan fingerprint density at radius 2 is 2.17 bits per heavy atom. The molecule has 0 radical (unpaired) electrons. The lowest BCUT2D eigenvalue weighted by molar-refractivity contribution is 0.0760. The van der Waals surface area contributed by atoms with Gasteiger partial charge in [0.15, 0.2) is 0 Å². The summed E-state index contributed by atoms with van der Waals surface area (Å²) in [5.41, 5.74) is 2.32. The number of amides is 1. The van der Waals surface area contributed by atoms with Crippen molar-refractivity contribution in [3.63, 3.8) is 0 Å². The zero-order chi connectivity index (χ0) is 17.5. The smallest absolute Gasteiger partial charge is 0.255 e. The third-order valence-corrected chi connectivity index (χ3v) is 4.55. The maximum Gasteiger partial charge on any atom is 0.255 e. The first-order valence-electron chi connectivity index (χ1n) is 8.13. The molecule has 0 bridgehead atoms. The van der Waals surface area contributed by atoms with Gasteiger partial charge in [-0.1, -0.05) is 12.1 Å². The third-order valence-electron chi connectivity index (χ3n) is 3.49. The lowest BCUT2D eigenvalue weighted by atomic mass is 10.1. The zero-order valence-corrected chi connectivity index (χ0v) is 15.4. The van der Waals surface area contributed by atoms with Crippen LogP contribution in [0.4, 0.5) is 0 Å². The van der Waals surface area contributed by atoms with Crippen molar-refractivity contribution in [3.05, 3.63) is 45.4 Å². The van der Waals surface area contributed by atoms with Gasteiger partial charge in [0.2, 0.25) is 0 Å². The number of carbonyl (C=O) groups excluding carboxylic acids is 1. The average Bonchev–Trinajstić information content (AvgIpc) is 3.03. The molecule has 1 atom stereocenters. The highest BCUT2D eigenvalue weighted by molar-refractivity contribution is 7.09. The van der Waals surface area contributed by atoms with E-state index in [4.69, 9.17) is 9.47 Å². The van der Waals surface area contributed by atoms with Crippen molar-refractivity contribution >= 4 is 17.2 Å². The molecule has 24 heavy (non-hydrogen) atoms. The molecule has 0 aliphatic carbocycles. The molecule has 1 heterocycles. The van der Waals surface area contributed by atoms with Crippen LogP contribution in [0, 0.1) is 6.92 Å². The average molecular weight is 348 g/mol. The Labute approximate surface area is 147 Å². The van der Waals surface area contributed by atoms with Crippen molar-refractivity contribution in [1.29, 1.82) is 0 Å². The second-order valence-electron chi connectivity index (χ2n) is 5.37. The van der Waals surface area contributed by atoms with E-state index < -0.39 is 0 Å². The van der Waals surface area contributed by atoms with Crippen LogP contribution >= 0.6 is 11.3 Å². The summed E-state index contributed by atoms with van der Waals surface area (Å²) in [6.07, 6.45) is -0.0156. The Morgan fingerprint density at radius 1 is 1.38 bits per heavy atom. The van der Waals surface area contributed by atoms with Crippen molar-refractivity contribution < 1.29 is 14.3 Å². The van der Waals surface area contributed by atoms with Gasteiger partial charge in [0, 0.05) is 18.5 Å². The SMILES string of the molecule is CCNC(=O)c1cccc(C)c1OCc1csc([C@@H](C)OCC)n1. The quantitative estimate of drug-likeness (QED) is 0.786. The molecule has 5 nitrogen and oxygen atoms in total. The van der Waals surface area contributed by atoms with Crippen molar-refractivity contribution in [1.82, 2.24) is 10.3 Å². The number of carbonyl (C=O) groups is 1. The summed E-state index contributed by atoms with van der Waals surface area (Å²) >= 11 is 1.56. The molecule has 0 aliphatic heterocycles. The maximum absolute atomic E-state index is 12.2. The predicted octanol–water partition coefficient (Wildman–Crippen LogP) is 3.88. The van der Waals surface area contributed by atoms with Crippen LogP contribution in [0.25, 0.3) is 0 Å². The van der Waals surface area contributed by atoms with E-state index in [2.05, 4.69) is 10.3 Å². The monoisotopic (exact) mass is 348 g/mol. The van der Waals surface area contributed by atoms with Gasteiger partial charge in [0.25, 0.3) is 5.91 Å². The van der Waals surface area contributed by atoms with Crippen LogP contribution < -0.4 is 10.1 Å². The van der Waals surface area contributed by atoms with Gasteiger partial charge in [-0.3, -0.25) is 4.79 Å². The first-order valence-corrected chi connectivity index (χ1v) is 9.01. The Kier molecular flexibility index (Phi) is 6.75. The van der Waals surface area contributed by atoms with E-state index in [1.165, 1.54) is 0 Å². The highest BCUT2D eigenvalue weighted by Crippen LogP contribution is 2.26. The summed E-state index contributed by atoms with van der Waals surface area (Å²) in [6.45, 7) is 9.35. The number of hydrogen-bond acceptors (Lipinski definition) is 5. The Hall–Kier alpha value is -1.92. The summed E-state index contributed by atoms with van der Waals surface area (Å²) in [7, 11) is 0. The normalized spacial score (nSPS) is 12.0. The molecular weight excluding hydrogens is 324 g/mol. The number of benzene rings is 1. The second kappa shape index (κ2) is 8.80. The molecule has 0 spiro atoms. The van der Waals surface area contributed by atoms with E-state index in [-0.39, 0.29) is 12.0 Å². The molecule has 1 N–H and O–H groups in total. The number of nitrogens with one attached hydrogen (secondary N) is 1. The molecule has 2 aromatic rings. The molecule has 1 amide bonds. The van der Waals surface area contributed by atoms with E-state index in [0.717, 1.165) is 16.3 Å². The number of hydrogen-bond donors (Lipinski definition) is 1. The van der Waals surface area contributed by atoms with Crippen molar-refractivity contribution in [2.24, 2.45) is 0 Å². The number of aromatic nitrogens is 1. The Bertz CT molecular complexity index is 685. The van der Waals surface area contributed by atoms with Crippen LogP contribution in [-0.2, 0) is 11.3 Å². The number of para-hydroxylation sites is 1. The van der Waals surface area contributed by atoms with Crippen molar-refractivity contribution in [3.8, 4) is 5.75 Å². The van der Waals surface area contributed by atoms with Crippen LogP contribution in [-0.4, -0.2) is 24.0 Å². The van der Waals surface area contributed by atoms with Gasteiger partial charge >= 0.3 is 0 Å². The van der Waals surface area contributed by atoms with Crippen LogP contribution in [0.5, 0.6) is 5.75 Å². The van der Waals surface area contributed by atoms with Crippen LogP contribution in [0.2, 0.25) is 0 Å². The summed E-state index contributed by atoms with van der Waals surface area (Å²) in [4.78, 5) is 16.7. The summed E-state index contributed by atoms with van der Waals surface area (Å²) in [6, 6.07) is 5.57. The number of ether oxygens (including phenoxy) is 2. The highest BCUT2D eigenvalue weighted by Gasteiger charge is 2.15. The first-order chi connectivity index (χ1) is 11.6. The van der Waals surface area contributed by atoms with Crippen LogP contribution in [0.3, 0.4) is 0 Å². The lowest BCUT2D eigenvalue weighted by Crippen LogP contribution is -2.23. The molecular formula is C18H24N2O3S. The molecule has 6 heteroatoms. The molecule has 0 saturated carbocycles. The highest BCUT2D eigenvalue weighted by atomic mass is 32.1. The number of nitrogens with zero attached hydrogens (tertiary/aromatic N) is 1. The van der Waals surface area contributed by atoms with Gasteiger partial charge in [0.1, 0.15) is 23.5 Å². The van der Waals surface area contributed by atoms with E-state index in [9.17, 15) is 4.79 Å². The van der Waals surface area contributed by atoms with Gasteiger partial charge < -0.3 is 14.8 Å². The summed E-state index contributed by atoms with van der Waals surface area (Å²) < 4.78 is 11.5. The first kappa shape index (κ1) is 18.4. The van der Waals surface area contributed by atoms with Gasteiger partial charge in [-0.05, 0) is 39.3 Å². The Balaban J connectivity index is 2.10. The second-order valence-corrected chi connectivity index (χ2v) is 6.26. The molecule has 2 rings (SSSR count). The van der Waals surface area contributed by atoms with E-state index in [0.29, 0.717) is 31.1 Å². The number of rotatable bonds is 8. The minimum Gasteiger partial charge on any atom is -0.486 e. The summed E-state index contributed by atoms with van der Waals surface area (Å²) in [5.74, 6) is 0.482. The van der Waals surface area contributed by atoms with Crippen molar-refractivity contribution in [2.45, 2.75) is 40.4 Å². The van der Waals surface area contributed by atoms with Crippen molar-refractivity contribution in [2.75, 3.05) is 13.2 Å². The molecule has 130 valence electrons. The molecule has 0 saturated heterocycles. The lowest BCUT2D eigenvalue weighted by Gasteiger charge is -2.13.